The lowest BCUT2D eigenvalue weighted by Gasteiger charge is -2.12. The van der Waals surface area contributed by atoms with Gasteiger partial charge in [0.15, 0.2) is 0 Å². The quantitative estimate of drug-likeness (QED) is 0.811. The molecule has 1 atom stereocenters. The molecule has 0 amide bonds. The minimum atomic E-state index is 0.112. The second kappa shape index (κ2) is 6.63. The molecule has 1 aromatic carbocycles. The first-order chi connectivity index (χ1) is 7.15. The lowest BCUT2D eigenvalue weighted by atomic mass is 10.0. The minimum absolute atomic E-state index is 0.112. The van der Waals surface area contributed by atoms with E-state index in [0.717, 1.165) is 34.8 Å². The summed E-state index contributed by atoms with van der Waals surface area (Å²) in [5.74, 6) is 0. The average molecular weight is 336 g/mol. The van der Waals surface area contributed by atoms with Crippen molar-refractivity contribution in [3.8, 4) is 0 Å². The minimum Gasteiger partial charge on any atom is -0.330 e. The van der Waals surface area contributed by atoms with Crippen molar-refractivity contribution in [2.24, 2.45) is 11.5 Å². The Morgan fingerprint density at radius 1 is 1.13 bits per heavy atom. The first-order valence-corrected chi connectivity index (χ1v) is 6.64. The van der Waals surface area contributed by atoms with Crippen LogP contribution in [0.5, 0.6) is 0 Å². The summed E-state index contributed by atoms with van der Waals surface area (Å²) >= 11 is 6.91. The van der Waals surface area contributed by atoms with Gasteiger partial charge in [0.1, 0.15) is 0 Å². The second-order valence-electron chi connectivity index (χ2n) is 3.56. The summed E-state index contributed by atoms with van der Waals surface area (Å²) in [5.41, 5.74) is 12.7. The van der Waals surface area contributed by atoms with E-state index in [4.69, 9.17) is 11.5 Å². The molecule has 0 bridgehead atoms. The van der Waals surface area contributed by atoms with Gasteiger partial charge < -0.3 is 11.5 Å². The maximum absolute atomic E-state index is 6.08. The zero-order valence-electron chi connectivity index (χ0n) is 8.55. The van der Waals surface area contributed by atoms with Crippen molar-refractivity contribution < 1.29 is 0 Å². The predicted molar refractivity (Wildman–Crippen MR) is 71.7 cm³/mol. The smallest absolute Gasteiger partial charge is 0.0320 e. The van der Waals surface area contributed by atoms with E-state index >= 15 is 0 Å². The van der Waals surface area contributed by atoms with E-state index in [1.807, 2.05) is 6.07 Å². The van der Waals surface area contributed by atoms with Crippen LogP contribution < -0.4 is 11.5 Å². The van der Waals surface area contributed by atoms with E-state index in [0.29, 0.717) is 0 Å². The highest BCUT2D eigenvalue weighted by molar-refractivity contribution is 9.13. The van der Waals surface area contributed by atoms with E-state index < -0.39 is 0 Å². The Bertz CT molecular complexity index is 315. The highest BCUT2D eigenvalue weighted by Crippen LogP contribution is 2.27. The highest BCUT2D eigenvalue weighted by Gasteiger charge is 2.07. The Balaban J connectivity index is 2.57. The third kappa shape index (κ3) is 4.23. The largest absolute Gasteiger partial charge is 0.330 e. The number of nitrogens with two attached hydrogens (primary N) is 2. The van der Waals surface area contributed by atoms with Crippen molar-refractivity contribution in [3.63, 3.8) is 0 Å². The number of halogens is 2. The molecule has 0 heterocycles. The second-order valence-corrected chi connectivity index (χ2v) is 5.27. The number of unbranched alkanes of at least 4 members (excludes halogenated alkanes) is 1. The van der Waals surface area contributed by atoms with Gasteiger partial charge in [-0.2, -0.15) is 0 Å². The van der Waals surface area contributed by atoms with Crippen LogP contribution in [0.1, 0.15) is 30.9 Å². The van der Waals surface area contributed by atoms with Crippen LogP contribution in [0.4, 0.5) is 0 Å². The summed E-state index contributed by atoms with van der Waals surface area (Å²) in [6.45, 7) is 0.747. The van der Waals surface area contributed by atoms with Crippen molar-refractivity contribution >= 4 is 31.9 Å². The maximum atomic E-state index is 6.08. The van der Waals surface area contributed by atoms with Crippen LogP contribution in [-0.2, 0) is 0 Å². The molecule has 1 aromatic rings. The summed E-state index contributed by atoms with van der Waals surface area (Å²) < 4.78 is 2.11. The van der Waals surface area contributed by atoms with E-state index in [1.54, 1.807) is 0 Å². The maximum Gasteiger partial charge on any atom is 0.0320 e. The van der Waals surface area contributed by atoms with Gasteiger partial charge in [-0.05, 0) is 68.9 Å². The lowest BCUT2D eigenvalue weighted by molar-refractivity contribution is 0.591. The molecule has 0 radical (unpaired) electrons. The van der Waals surface area contributed by atoms with Crippen LogP contribution in [0.3, 0.4) is 0 Å². The molecule has 0 unspecified atom stereocenters. The molecule has 4 N–H and O–H groups in total. The molecular weight excluding hydrogens is 320 g/mol. The lowest BCUT2D eigenvalue weighted by Crippen LogP contribution is -2.11. The fraction of sp³-hybridized carbons (Fsp3) is 0.455. The monoisotopic (exact) mass is 334 g/mol. The summed E-state index contributed by atoms with van der Waals surface area (Å²) in [7, 11) is 0. The van der Waals surface area contributed by atoms with Gasteiger partial charge in [0.2, 0.25) is 0 Å². The van der Waals surface area contributed by atoms with Gasteiger partial charge in [0, 0.05) is 15.0 Å². The molecule has 1 rings (SSSR count). The van der Waals surface area contributed by atoms with Crippen molar-refractivity contribution in [3.05, 3.63) is 32.7 Å². The van der Waals surface area contributed by atoms with Crippen LogP contribution in [0.2, 0.25) is 0 Å². The summed E-state index contributed by atoms with van der Waals surface area (Å²) in [4.78, 5) is 0. The van der Waals surface area contributed by atoms with Crippen molar-refractivity contribution in [1.29, 1.82) is 0 Å². The summed E-state index contributed by atoms with van der Waals surface area (Å²) in [5, 5.41) is 0. The molecular formula is C11H16Br2N2. The molecule has 0 aliphatic carbocycles. The third-order valence-corrected chi connectivity index (χ3v) is 4.22. The molecule has 0 saturated heterocycles. The SMILES string of the molecule is NCCCC[C@@H](N)c1ccc(Br)c(Br)c1. The van der Waals surface area contributed by atoms with Gasteiger partial charge in [-0.1, -0.05) is 12.5 Å². The summed E-state index contributed by atoms with van der Waals surface area (Å²) in [6, 6.07) is 6.25. The van der Waals surface area contributed by atoms with Gasteiger partial charge in [-0.25, -0.2) is 0 Å². The molecule has 4 heteroatoms. The van der Waals surface area contributed by atoms with Crippen LogP contribution in [0, 0.1) is 0 Å². The standard InChI is InChI=1S/C11H16Br2N2/c12-9-5-4-8(7-10(9)13)11(15)3-1-2-6-14/h4-5,7,11H,1-3,6,14-15H2/t11-/m1/s1. The molecule has 0 fully saturated rings. The Morgan fingerprint density at radius 3 is 2.47 bits per heavy atom. The average Bonchev–Trinajstić information content (AvgIpc) is 2.22. The molecule has 0 aromatic heterocycles. The van der Waals surface area contributed by atoms with E-state index in [-0.39, 0.29) is 6.04 Å². The van der Waals surface area contributed by atoms with Crippen LogP contribution in [0.25, 0.3) is 0 Å². The first-order valence-electron chi connectivity index (χ1n) is 5.05. The van der Waals surface area contributed by atoms with Gasteiger partial charge in [0.25, 0.3) is 0 Å². The molecule has 15 heavy (non-hydrogen) atoms. The van der Waals surface area contributed by atoms with Gasteiger partial charge in [-0.3, -0.25) is 0 Å². The zero-order valence-corrected chi connectivity index (χ0v) is 11.7. The number of hydrogen-bond acceptors (Lipinski definition) is 2. The Kier molecular flexibility index (Phi) is 5.82. The van der Waals surface area contributed by atoms with E-state index in [9.17, 15) is 0 Å². The van der Waals surface area contributed by atoms with Crippen molar-refractivity contribution in [2.75, 3.05) is 6.54 Å². The first kappa shape index (κ1) is 13.2. The van der Waals surface area contributed by atoms with Crippen LogP contribution >= 0.6 is 31.9 Å². The predicted octanol–water partition coefficient (Wildman–Crippen LogP) is 3.34. The third-order valence-electron chi connectivity index (χ3n) is 2.34. The Labute approximate surface area is 108 Å². The van der Waals surface area contributed by atoms with Gasteiger partial charge in [-0.15, -0.1) is 0 Å². The van der Waals surface area contributed by atoms with Crippen LogP contribution in [-0.4, -0.2) is 6.54 Å². The molecule has 0 aliphatic heterocycles. The van der Waals surface area contributed by atoms with Gasteiger partial charge in [0.05, 0.1) is 0 Å². The molecule has 0 aliphatic rings. The molecule has 2 nitrogen and oxygen atoms in total. The van der Waals surface area contributed by atoms with Crippen molar-refractivity contribution in [1.82, 2.24) is 0 Å². The molecule has 84 valence electrons. The van der Waals surface area contributed by atoms with E-state index in [2.05, 4.69) is 44.0 Å². The number of rotatable bonds is 5. The number of hydrogen-bond donors (Lipinski definition) is 2. The van der Waals surface area contributed by atoms with E-state index in [1.165, 1.54) is 5.56 Å². The normalized spacial score (nSPS) is 12.8. The Morgan fingerprint density at radius 2 is 1.87 bits per heavy atom. The Hall–Kier alpha value is 0.1000. The zero-order chi connectivity index (χ0) is 11.3. The molecule has 0 spiro atoms. The fourth-order valence-corrected chi connectivity index (χ4v) is 2.06. The highest BCUT2D eigenvalue weighted by atomic mass is 79.9. The molecule has 0 saturated carbocycles. The fourth-order valence-electron chi connectivity index (χ4n) is 1.42. The van der Waals surface area contributed by atoms with Crippen molar-refractivity contribution in [2.45, 2.75) is 25.3 Å². The number of benzene rings is 1. The van der Waals surface area contributed by atoms with Crippen LogP contribution in [0.15, 0.2) is 27.1 Å². The summed E-state index contributed by atoms with van der Waals surface area (Å²) in [6.07, 6.45) is 3.13. The topological polar surface area (TPSA) is 52.0 Å². The van der Waals surface area contributed by atoms with Gasteiger partial charge >= 0.3 is 0 Å².